The molecule has 0 aliphatic heterocycles. The molecule has 1 aliphatic rings. The quantitative estimate of drug-likeness (QED) is 0.166. The molecule has 4 rings (SSSR count). The number of halogens is 10. The molecule has 0 atom stereocenters. The van der Waals surface area contributed by atoms with Crippen molar-refractivity contribution in [2.75, 3.05) is 0 Å². The Balaban J connectivity index is 2.34. The van der Waals surface area contributed by atoms with Gasteiger partial charge in [-0.2, -0.15) is 31.6 Å². The van der Waals surface area contributed by atoms with E-state index in [1.54, 1.807) is 0 Å². The van der Waals surface area contributed by atoms with Crippen LogP contribution in [0.25, 0.3) is 16.7 Å². The van der Waals surface area contributed by atoms with Crippen molar-refractivity contribution < 1.29 is 43.9 Å². The number of nitrogens with zero attached hydrogens (tertiary/aromatic N) is 6. The minimum atomic E-state index is -2.38. The lowest BCUT2D eigenvalue weighted by atomic mass is 9.95. The molecule has 0 unspecified atom stereocenters. The van der Waals surface area contributed by atoms with Gasteiger partial charge in [0.25, 0.3) is 0 Å². The fraction of sp³-hybridized carbons (Fsp3) is 0.0323. The van der Waals surface area contributed by atoms with Crippen LogP contribution < -0.4 is 0 Å². The second-order valence-electron chi connectivity index (χ2n) is 9.15. The van der Waals surface area contributed by atoms with Gasteiger partial charge in [-0.3, -0.25) is 0 Å². The van der Waals surface area contributed by atoms with Gasteiger partial charge in [-0.1, -0.05) is 0 Å². The van der Waals surface area contributed by atoms with E-state index in [1.165, 1.54) is 12.1 Å². The summed E-state index contributed by atoms with van der Waals surface area (Å²) in [7, 11) is 0. The molecule has 0 saturated heterocycles. The Morgan fingerprint density at radius 3 is 1.23 bits per heavy atom. The monoisotopic (exact) mass is 650 g/mol. The highest BCUT2D eigenvalue weighted by Gasteiger charge is 2.45. The standard InChI is InChI=1S/C31H4F10N6/c1-9-18(29(39)26(36)15(7-46)23(9)33)13(5-44)20-19(11(3-42)10-2-17(32)12(4-43)25(35)24(10)34)21(20)14(6-45)22-30(40)27(37)16(8-47)28(38)31(22)41/h2H,1H3. The van der Waals surface area contributed by atoms with Gasteiger partial charge in [-0.05, 0) is 18.6 Å². The average Bonchev–Trinajstić information content (AvgIpc) is 3.76. The number of allylic oxidation sites excluding steroid dienone is 6. The Morgan fingerprint density at radius 2 is 0.809 bits per heavy atom. The zero-order chi connectivity index (χ0) is 35.2. The van der Waals surface area contributed by atoms with Gasteiger partial charge >= 0.3 is 0 Å². The summed E-state index contributed by atoms with van der Waals surface area (Å²) in [5.74, 6) is -21.4. The molecule has 47 heavy (non-hydrogen) atoms. The number of nitriles is 6. The van der Waals surface area contributed by atoms with E-state index in [0.29, 0.717) is 0 Å². The van der Waals surface area contributed by atoms with E-state index in [0.717, 1.165) is 31.2 Å². The predicted molar refractivity (Wildman–Crippen MR) is 135 cm³/mol. The number of hydrogen-bond donors (Lipinski definition) is 0. The van der Waals surface area contributed by atoms with E-state index in [4.69, 9.17) is 15.8 Å². The first-order valence-electron chi connectivity index (χ1n) is 12.1. The van der Waals surface area contributed by atoms with Crippen LogP contribution in [0.1, 0.15) is 38.9 Å². The normalized spacial score (nSPS) is 14.9. The molecule has 0 aromatic heterocycles. The van der Waals surface area contributed by atoms with Crippen molar-refractivity contribution in [2.45, 2.75) is 6.92 Å². The number of rotatable bonds is 3. The number of benzene rings is 3. The Labute approximate surface area is 255 Å². The molecule has 0 amide bonds. The van der Waals surface area contributed by atoms with Gasteiger partial charge < -0.3 is 0 Å². The Hall–Kier alpha value is -6.88. The molecule has 0 bridgehead atoms. The molecule has 3 aromatic rings. The van der Waals surface area contributed by atoms with Crippen molar-refractivity contribution in [2.24, 2.45) is 0 Å². The van der Waals surface area contributed by atoms with Crippen molar-refractivity contribution in [3.8, 4) is 36.4 Å². The largest absolute Gasteiger partial charge is 0.205 e. The summed E-state index contributed by atoms with van der Waals surface area (Å²) in [5, 5.41) is 56.6. The molecule has 1 fully saturated rings. The Kier molecular flexibility index (Phi) is 8.36. The molecule has 0 heterocycles. The van der Waals surface area contributed by atoms with Crippen LogP contribution in [-0.4, -0.2) is 0 Å². The summed E-state index contributed by atoms with van der Waals surface area (Å²) in [5.41, 5.74) is -17.5. The zero-order valence-electron chi connectivity index (χ0n) is 22.5. The van der Waals surface area contributed by atoms with Gasteiger partial charge in [0.05, 0.1) is 22.3 Å². The fourth-order valence-corrected chi connectivity index (χ4v) is 4.66. The van der Waals surface area contributed by atoms with Crippen LogP contribution in [-0.2, 0) is 0 Å². The van der Waals surface area contributed by atoms with E-state index < -0.39 is 131 Å². The lowest BCUT2D eigenvalue weighted by Gasteiger charge is -2.10. The minimum absolute atomic E-state index is 0.0866. The third kappa shape index (κ3) is 4.70. The highest BCUT2D eigenvalue weighted by molar-refractivity contribution is 6.12. The van der Waals surface area contributed by atoms with Gasteiger partial charge in [-0.25, -0.2) is 43.9 Å². The van der Waals surface area contributed by atoms with E-state index in [9.17, 15) is 42.1 Å². The third-order valence-corrected chi connectivity index (χ3v) is 6.86. The lowest BCUT2D eigenvalue weighted by Crippen LogP contribution is -2.06. The van der Waals surface area contributed by atoms with Crippen LogP contribution in [0.5, 0.6) is 0 Å². The van der Waals surface area contributed by atoms with Gasteiger partial charge in [0.2, 0.25) is 0 Å². The number of hydrogen-bond acceptors (Lipinski definition) is 6. The summed E-state index contributed by atoms with van der Waals surface area (Å²) in [4.78, 5) is 0. The van der Waals surface area contributed by atoms with E-state index in [1.807, 2.05) is 0 Å². The second kappa shape index (κ2) is 11.9. The van der Waals surface area contributed by atoms with Gasteiger partial charge in [-0.15, -0.1) is 0 Å². The highest BCUT2D eigenvalue weighted by atomic mass is 19.2. The summed E-state index contributed by atoms with van der Waals surface area (Å²) < 4.78 is 148. The summed E-state index contributed by atoms with van der Waals surface area (Å²) >= 11 is 0. The first-order chi connectivity index (χ1) is 22.2. The molecule has 1 aliphatic carbocycles. The van der Waals surface area contributed by atoms with Crippen molar-refractivity contribution in [1.82, 2.24) is 0 Å². The van der Waals surface area contributed by atoms with Crippen LogP contribution in [0.4, 0.5) is 43.9 Å². The molecule has 6 nitrogen and oxygen atoms in total. The van der Waals surface area contributed by atoms with Gasteiger partial charge in [0.1, 0.15) is 64.7 Å². The van der Waals surface area contributed by atoms with Crippen molar-refractivity contribution >= 4 is 16.7 Å². The lowest BCUT2D eigenvalue weighted by molar-refractivity contribution is 0.447. The van der Waals surface area contributed by atoms with Gasteiger partial charge in [0.15, 0.2) is 46.5 Å². The molecule has 0 spiro atoms. The maximum absolute atomic E-state index is 15.3. The first kappa shape index (κ1) is 33.0. The van der Waals surface area contributed by atoms with Crippen LogP contribution in [0, 0.1) is 133 Å². The molecule has 228 valence electrons. The Bertz CT molecular complexity index is 2200. The fourth-order valence-electron chi connectivity index (χ4n) is 4.66. The predicted octanol–water partition coefficient (Wildman–Crippen LogP) is 7.25. The van der Waals surface area contributed by atoms with Crippen molar-refractivity contribution in [3.63, 3.8) is 0 Å². The van der Waals surface area contributed by atoms with Crippen LogP contribution in [0.15, 0.2) is 22.8 Å². The Morgan fingerprint density at radius 1 is 0.447 bits per heavy atom. The zero-order valence-corrected chi connectivity index (χ0v) is 22.5. The summed E-state index contributed by atoms with van der Waals surface area (Å²) in [6.45, 7) is 0.729. The van der Waals surface area contributed by atoms with E-state index in [2.05, 4.69) is 0 Å². The maximum Gasteiger partial charge on any atom is 0.180 e. The first-order valence-corrected chi connectivity index (χ1v) is 12.1. The maximum atomic E-state index is 15.3. The highest BCUT2D eigenvalue weighted by Crippen LogP contribution is 2.57. The van der Waals surface area contributed by atoms with Gasteiger partial charge in [0, 0.05) is 27.8 Å². The van der Waals surface area contributed by atoms with Crippen LogP contribution in [0.3, 0.4) is 0 Å². The smallest absolute Gasteiger partial charge is 0.180 e. The van der Waals surface area contributed by atoms with Crippen molar-refractivity contribution in [1.29, 1.82) is 31.6 Å². The van der Waals surface area contributed by atoms with E-state index in [-0.39, 0.29) is 6.07 Å². The minimum Gasteiger partial charge on any atom is -0.205 e. The molecule has 0 radical (unpaired) electrons. The molecule has 0 N–H and O–H groups in total. The van der Waals surface area contributed by atoms with Crippen LogP contribution >= 0.6 is 0 Å². The summed E-state index contributed by atoms with van der Waals surface area (Å²) in [6.07, 6.45) is 0. The second-order valence-corrected chi connectivity index (χ2v) is 9.15. The van der Waals surface area contributed by atoms with Crippen molar-refractivity contribution in [3.05, 3.63) is 120 Å². The SMILES string of the molecule is Cc1c(F)c(C#N)c(F)c(F)c1C(C#N)=C1C(=C(C#N)c2cc(F)c(C#N)c(F)c2F)C1=C(C#N)c1c(F)c(F)c(C#N)c(F)c1F. The van der Waals surface area contributed by atoms with E-state index >= 15 is 17.6 Å². The average molecular weight is 650 g/mol. The third-order valence-electron chi connectivity index (χ3n) is 6.86. The molecule has 3 aromatic carbocycles. The molecule has 16 heteroatoms. The topological polar surface area (TPSA) is 143 Å². The molecular formula is C31H4F10N6. The molecule has 1 saturated carbocycles. The van der Waals surface area contributed by atoms with Crippen LogP contribution in [0.2, 0.25) is 0 Å². The summed E-state index contributed by atoms with van der Waals surface area (Å²) in [6, 6.07) is 6.62. The molecular weight excluding hydrogens is 646 g/mol.